The molecule has 0 amide bonds. The maximum atomic E-state index is 12.5. The van der Waals surface area contributed by atoms with Crippen molar-refractivity contribution in [3.05, 3.63) is 47.8 Å². The molecule has 5 nitrogen and oxygen atoms in total. The summed E-state index contributed by atoms with van der Waals surface area (Å²) in [4.78, 5) is 19.6. The zero-order valence-electron chi connectivity index (χ0n) is 14.9. The predicted molar refractivity (Wildman–Crippen MR) is 92.9 cm³/mol. The highest BCUT2D eigenvalue weighted by Gasteiger charge is 2.39. The second-order valence-corrected chi connectivity index (χ2v) is 6.06. The molecule has 1 N–H and O–H groups in total. The van der Waals surface area contributed by atoms with E-state index in [2.05, 4.69) is 16.9 Å². The van der Waals surface area contributed by atoms with Gasteiger partial charge in [0.05, 0.1) is 12.2 Å². The van der Waals surface area contributed by atoms with E-state index >= 15 is 0 Å². The van der Waals surface area contributed by atoms with E-state index in [4.69, 9.17) is 4.74 Å². The molecule has 27 heavy (non-hydrogen) atoms. The number of nitrogens with zero attached hydrogens (tertiary/aromatic N) is 2. The molecule has 0 aliphatic carbocycles. The molecule has 146 valence electrons. The minimum atomic E-state index is -4.77. The molecule has 0 saturated carbocycles. The SMILES string of the molecule is CCCCCCOC(=O)c1ccc(-c2ncc(C(O)C(F)(F)F)cn2)cc1. The minimum Gasteiger partial charge on any atom is -0.462 e. The molecule has 1 aromatic carbocycles. The molecule has 2 rings (SSSR count). The number of aromatic nitrogens is 2. The smallest absolute Gasteiger partial charge is 0.418 e. The number of halogens is 3. The number of aliphatic hydroxyl groups is 1. The third-order valence-electron chi connectivity index (χ3n) is 3.91. The Kier molecular flexibility index (Phi) is 7.29. The van der Waals surface area contributed by atoms with E-state index in [9.17, 15) is 23.1 Å². The molecule has 1 aromatic heterocycles. The monoisotopic (exact) mass is 382 g/mol. The molecular formula is C19H21F3N2O3. The number of hydrogen-bond donors (Lipinski definition) is 1. The molecule has 8 heteroatoms. The summed E-state index contributed by atoms with van der Waals surface area (Å²) in [5.74, 6) is -0.241. The van der Waals surface area contributed by atoms with Gasteiger partial charge in [-0.05, 0) is 18.6 Å². The van der Waals surface area contributed by atoms with Crippen LogP contribution < -0.4 is 0 Å². The number of benzene rings is 1. The van der Waals surface area contributed by atoms with Crippen LogP contribution in [0.1, 0.15) is 54.6 Å². The summed E-state index contributed by atoms with van der Waals surface area (Å²) in [6.45, 7) is 2.47. The van der Waals surface area contributed by atoms with Gasteiger partial charge in [-0.15, -0.1) is 0 Å². The van der Waals surface area contributed by atoms with Crippen molar-refractivity contribution in [2.24, 2.45) is 0 Å². The fourth-order valence-corrected chi connectivity index (χ4v) is 2.35. The van der Waals surface area contributed by atoms with Gasteiger partial charge in [-0.1, -0.05) is 38.3 Å². The minimum absolute atomic E-state index is 0.188. The summed E-state index contributed by atoms with van der Waals surface area (Å²) in [6, 6.07) is 6.27. The van der Waals surface area contributed by atoms with Gasteiger partial charge in [-0.3, -0.25) is 0 Å². The van der Waals surface area contributed by atoms with Crippen LogP contribution in [-0.4, -0.2) is 33.8 Å². The Labute approximate surface area is 155 Å². The van der Waals surface area contributed by atoms with Gasteiger partial charge in [0, 0.05) is 23.5 Å². The third kappa shape index (κ3) is 6.02. The van der Waals surface area contributed by atoms with Gasteiger partial charge in [0.25, 0.3) is 0 Å². The quantitative estimate of drug-likeness (QED) is 0.538. The van der Waals surface area contributed by atoms with Crippen LogP contribution in [0.25, 0.3) is 11.4 Å². The standard InChI is InChI=1S/C19H21F3N2O3/c1-2-3-4-5-10-27-18(26)14-8-6-13(7-9-14)17-23-11-15(12-24-17)16(25)19(20,21)22/h6-9,11-12,16,25H,2-5,10H2,1H3. The van der Waals surface area contributed by atoms with Gasteiger partial charge in [0.2, 0.25) is 0 Å². The van der Waals surface area contributed by atoms with Crippen molar-refractivity contribution in [2.45, 2.75) is 44.9 Å². The van der Waals surface area contributed by atoms with Gasteiger partial charge < -0.3 is 9.84 Å². The maximum Gasteiger partial charge on any atom is 0.418 e. The fourth-order valence-electron chi connectivity index (χ4n) is 2.35. The first-order chi connectivity index (χ1) is 12.8. The Morgan fingerprint density at radius 3 is 2.30 bits per heavy atom. The average Bonchev–Trinajstić information content (AvgIpc) is 2.66. The maximum absolute atomic E-state index is 12.5. The zero-order chi connectivity index (χ0) is 19.9. The highest BCUT2D eigenvalue weighted by molar-refractivity contribution is 5.89. The number of rotatable bonds is 8. The molecule has 0 aliphatic rings. The summed E-state index contributed by atoms with van der Waals surface area (Å²) in [5, 5.41) is 9.18. The molecule has 0 fully saturated rings. The van der Waals surface area contributed by atoms with Crippen LogP contribution in [0, 0.1) is 0 Å². The predicted octanol–water partition coefficient (Wildman–Crippen LogP) is 4.48. The number of unbranched alkanes of at least 4 members (excludes halogenated alkanes) is 3. The van der Waals surface area contributed by atoms with Crippen molar-refractivity contribution in [1.82, 2.24) is 9.97 Å². The third-order valence-corrected chi connectivity index (χ3v) is 3.91. The molecular weight excluding hydrogens is 361 g/mol. The van der Waals surface area contributed by atoms with Gasteiger partial charge in [0.15, 0.2) is 11.9 Å². The number of aliphatic hydroxyl groups excluding tert-OH is 1. The second-order valence-electron chi connectivity index (χ2n) is 6.06. The highest BCUT2D eigenvalue weighted by Crippen LogP contribution is 2.32. The molecule has 0 radical (unpaired) electrons. The van der Waals surface area contributed by atoms with E-state index in [1.165, 1.54) is 0 Å². The van der Waals surface area contributed by atoms with Crippen LogP contribution in [0.2, 0.25) is 0 Å². The lowest BCUT2D eigenvalue weighted by molar-refractivity contribution is -0.206. The van der Waals surface area contributed by atoms with Crippen LogP contribution >= 0.6 is 0 Å². The van der Waals surface area contributed by atoms with Crippen molar-refractivity contribution in [3.8, 4) is 11.4 Å². The van der Waals surface area contributed by atoms with Crippen molar-refractivity contribution in [1.29, 1.82) is 0 Å². The first-order valence-electron chi connectivity index (χ1n) is 8.67. The Bertz CT molecular complexity index is 731. The second kappa shape index (κ2) is 9.45. The molecule has 0 aliphatic heterocycles. The Balaban J connectivity index is 1.97. The summed E-state index contributed by atoms with van der Waals surface area (Å²) in [7, 11) is 0. The number of ether oxygens (including phenoxy) is 1. The lowest BCUT2D eigenvalue weighted by atomic mass is 10.1. The van der Waals surface area contributed by atoms with E-state index in [0.717, 1.165) is 38.1 Å². The number of hydrogen-bond acceptors (Lipinski definition) is 5. The summed E-state index contributed by atoms with van der Waals surface area (Å²) in [5.41, 5.74) is 0.468. The van der Waals surface area contributed by atoms with E-state index in [1.807, 2.05) is 0 Å². The Hall–Kier alpha value is -2.48. The molecule has 1 unspecified atom stereocenters. The van der Waals surface area contributed by atoms with Crippen molar-refractivity contribution in [3.63, 3.8) is 0 Å². The van der Waals surface area contributed by atoms with Crippen LogP contribution in [0.3, 0.4) is 0 Å². The first kappa shape index (κ1) is 20.8. The molecule has 1 atom stereocenters. The molecule has 1 heterocycles. The Morgan fingerprint density at radius 1 is 1.11 bits per heavy atom. The van der Waals surface area contributed by atoms with Gasteiger partial charge in [-0.25, -0.2) is 14.8 Å². The van der Waals surface area contributed by atoms with Crippen molar-refractivity contribution < 1.29 is 27.8 Å². The van der Waals surface area contributed by atoms with E-state index in [0.29, 0.717) is 17.7 Å². The zero-order valence-corrected chi connectivity index (χ0v) is 14.9. The van der Waals surface area contributed by atoms with Crippen LogP contribution in [-0.2, 0) is 4.74 Å². The number of carbonyl (C=O) groups excluding carboxylic acids is 1. The van der Waals surface area contributed by atoms with E-state index in [-0.39, 0.29) is 5.82 Å². The van der Waals surface area contributed by atoms with Crippen LogP contribution in [0.5, 0.6) is 0 Å². The number of alkyl halides is 3. The van der Waals surface area contributed by atoms with Gasteiger partial charge in [0.1, 0.15) is 0 Å². The average molecular weight is 382 g/mol. The van der Waals surface area contributed by atoms with Crippen molar-refractivity contribution in [2.75, 3.05) is 6.61 Å². The highest BCUT2D eigenvalue weighted by atomic mass is 19.4. The van der Waals surface area contributed by atoms with Gasteiger partial charge >= 0.3 is 12.1 Å². The van der Waals surface area contributed by atoms with E-state index in [1.54, 1.807) is 24.3 Å². The van der Waals surface area contributed by atoms with Gasteiger partial charge in [-0.2, -0.15) is 13.2 Å². The molecule has 0 bridgehead atoms. The molecule has 0 saturated heterocycles. The number of esters is 1. The normalized spacial score (nSPS) is 12.6. The summed E-state index contributed by atoms with van der Waals surface area (Å²) < 4.78 is 42.6. The van der Waals surface area contributed by atoms with Crippen LogP contribution in [0.4, 0.5) is 13.2 Å². The Morgan fingerprint density at radius 2 is 1.74 bits per heavy atom. The lowest BCUT2D eigenvalue weighted by Gasteiger charge is -2.14. The topological polar surface area (TPSA) is 72.3 Å². The fraction of sp³-hybridized carbons (Fsp3) is 0.421. The van der Waals surface area contributed by atoms with Crippen LogP contribution in [0.15, 0.2) is 36.7 Å². The first-order valence-corrected chi connectivity index (χ1v) is 8.67. The van der Waals surface area contributed by atoms with Crippen molar-refractivity contribution >= 4 is 5.97 Å². The lowest BCUT2D eigenvalue weighted by Crippen LogP contribution is -2.20. The summed E-state index contributed by atoms with van der Waals surface area (Å²) >= 11 is 0. The largest absolute Gasteiger partial charge is 0.462 e. The molecule has 2 aromatic rings. The molecule has 0 spiro atoms. The summed E-state index contributed by atoms with van der Waals surface area (Å²) in [6.07, 6.45) is -1.50. The van der Waals surface area contributed by atoms with E-state index < -0.39 is 23.8 Å². The number of carbonyl (C=O) groups is 1.